The fraction of sp³-hybridized carbons (Fsp3) is 0.571. The van der Waals surface area contributed by atoms with Crippen LogP contribution in [0.3, 0.4) is 0 Å². The second-order valence-corrected chi connectivity index (χ2v) is 5.64. The fourth-order valence-electron chi connectivity index (χ4n) is 1.58. The van der Waals surface area contributed by atoms with Crippen LogP contribution in [-0.2, 0) is 6.42 Å². The molecule has 0 aliphatic carbocycles. The van der Waals surface area contributed by atoms with Gasteiger partial charge in [-0.15, -0.1) is 0 Å². The van der Waals surface area contributed by atoms with Crippen LogP contribution < -0.4 is 10.6 Å². The molecule has 0 radical (unpaired) electrons. The zero-order chi connectivity index (χ0) is 12.5. The Kier molecular flexibility index (Phi) is 7.49. The Morgan fingerprint density at radius 3 is 2.29 bits per heavy atom. The standard InChI is InChI=1S/C14H23BrN2/c1-12(2)11-17-10-9-16-8-7-13-3-5-14(15)6-4-13/h3-6,12,16-17H,7-11H2,1-2H3. The van der Waals surface area contributed by atoms with Gasteiger partial charge in [0.2, 0.25) is 0 Å². The molecular weight excluding hydrogens is 276 g/mol. The first-order chi connectivity index (χ1) is 8.18. The molecule has 0 bridgehead atoms. The van der Waals surface area contributed by atoms with E-state index in [9.17, 15) is 0 Å². The van der Waals surface area contributed by atoms with E-state index in [0.717, 1.165) is 43.0 Å². The molecule has 0 unspecified atom stereocenters. The number of hydrogen-bond acceptors (Lipinski definition) is 2. The molecule has 3 heteroatoms. The first-order valence-corrected chi connectivity index (χ1v) is 7.13. The summed E-state index contributed by atoms with van der Waals surface area (Å²) in [5.41, 5.74) is 1.39. The molecule has 0 saturated heterocycles. The zero-order valence-electron chi connectivity index (χ0n) is 10.8. The number of benzene rings is 1. The second-order valence-electron chi connectivity index (χ2n) is 4.72. The molecule has 0 fully saturated rings. The molecule has 1 aromatic rings. The van der Waals surface area contributed by atoms with Crippen LogP contribution in [0.5, 0.6) is 0 Å². The van der Waals surface area contributed by atoms with Crippen LogP contribution in [0.1, 0.15) is 19.4 Å². The van der Waals surface area contributed by atoms with Gasteiger partial charge in [0.25, 0.3) is 0 Å². The molecule has 0 amide bonds. The van der Waals surface area contributed by atoms with Crippen LogP contribution in [0.4, 0.5) is 0 Å². The van der Waals surface area contributed by atoms with Crippen LogP contribution in [-0.4, -0.2) is 26.2 Å². The summed E-state index contributed by atoms with van der Waals surface area (Å²) in [7, 11) is 0. The molecule has 2 N–H and O–H groups in total. The van der Waals surface area contributed by atoms with Gasteiger partial charge in [0, 0.05) is 17.6 Å². The van der Waals surface area contributed by atoms with Crippen molar-refractivity contribution < 1.29 is 0 Å². The lowest BCUT2D eigenvalue weighted by molar-refractivity contribution is 0.536. The van der Waals surface area contributed by atoms with Crippen molar-refractivity contribution in [2.45, 2.75) is 20.3 Å². The summed E-state index contributed by atoms with van der Waals surface area (Å²) >= 11 is 3.44. The SMILES string of the molecule is CC(C)CNCCNCCc1ccc(Br)cc1. The molecule has 0 aliphatic heterocycles. The minimum absolute atomic E-state index is 0.734. The average molecular weight is 299 g/mol. The average Bonchev–Trinajstić information content (AvgIpc) is 2.30. The molecule has 0 aromatic heterocycles. The van der Waals surface area contributed by atoms with E-state index in [4.69, 9.17) is 0 Å². The summed E-state index contributed by atoms with van der Waals surface area (Å²) in [6.07, 6.45) is 1.09. The number of halogens is 1. The van der Waals surface area contributed by atoms with E-state index in [1.807, 2.05) is 0 Å². The van der Waals surface area contributed by atoms with Crippen LogP contribution in [0.2, 0.25) is 0 Å². The summed E-state index contributed by atoms with van der Waals surface area (Å²) in [5.74, 6) is 0.734. The molecule has 0 aliphatic rings. The van der Waals surface area contributed by atoms with E-state index in [1.165, 1.54) is 5.56 Å². The third-order valence-corrected chi connectivity index (χ3v) is 3.06. The van der Waals surface area contributed by atoms with Gasteiger partial charge >= 0.3 is 0 Å². The highest BCUT2D eigenvalue weighted by atomic mass is 79.9. The predicted molar refractivity (Wildman–Crippen MR) is 78.4 cm³/mol. The Hall–Kier alpha value is -0.380. The van der Waals surface area contributed by atoms with Crippen molar-refractivity contribution in [2.24, 2.45) is 5.92 Å². The summed E-state index contributed by atoms with van der Waals surface area (Å²) < 4.78 is 1.15. The molecule has 0 spiro atoms. The first kappa shape index (κ1) is 14.7. The predicted octanol–water partition coefficient (Wildman–Crippen LogP) is 2.83. The largest absolute Gasteiger partial charge is 0.315 e. The normalized spacial score (nSPS) is 11.1. The quantitative estimate of drug-likeness (QED) is 0.721. The van der Waals surface area contributed by atoms with Gasteiger partial charge in [-0.2, -0.15) is 0 Å². The van der Waals surface area contributed by atoms with Crippen molar-refractivity contribution >= 4 is 15.9 Å². The minimum atomic E-state index is 0.734. The highest BCUT2D eigenvalue weighted by Gasteiger charge is 1.94. The van der Waals surface area contributed by atoms with Crippen molar-refractivity contribution in [3.63, 3.8) is 0 Å². The summed E-state index contributed by atoms with van der Waals surface area (Å²) in [6, 6.07) is 8.53. The van der Waals surface area contributed by atoms with Crippen LogP contribution in [0, 0.1) is 5.92 Å². The lowest BCUT2D eigenvalue weighted by Crippen LogP contribution is -2.30. The lowest BCUT2D eigenvalue weighted by Gasteiger charge is -2.08. The van der Waals surface area contributed by atoms with E-state index in [2.05, 4.69) is 64.7 Å². The van der Waals surface area contributed by atoms with E-state index in [-0.39, 0.29) is 0 Å². The van der Waals surface area contributed by atoms with Crippen molar-refractivity contribution in [1.29, 1.82) is 0 Å². The van der Waals surface area contributed by atoms with Gasteiger partial charge in [0.1, 0.15) is 0 Å². The van der Waals surface area contributed by atoms with Gasteiger partial charge in [-0.3, -0.25) is 0 Å². The van der Waals surface area contributed by atoms with Gasteiger partial charge in [-0.25, -0.2) is 0 Å². The maximum absolute atomic E-state index is 3.45. The molecule has 0 atom stereocenters. The number of rotatable bonds is 8. The van der Waals surface area contributed by atoms with Crippen LogP contribution in [0.25, 0.3) is 0 Å². The van der Waals surface area contributed by atoms with Gasteiger partial charge in [0.05, 0.1) is 0 Å². The monoisotopic (exact) mass is 298 g/mol. The summed E-state index contributed by atoms with van der Waals surface area (Å²) in [4.78, 5) is 0. The lowest BCUT2D eigenvalue weighted by atomic mass is 10.1. The van der Waals surface area contributed by atoms with Crippen molar-refractivity contribution in [2.75, 3.05) is 26.2 Å². The highest BCUT2D eigenvalue weighted by Crippen LogP contribution is 2.10. The summed E-state index contributed by atoms with van der Waals surface area (Å²) in [5, 5.41) is 6.87. The van der Waals surface area contributed by atoms with E-state index < -0.39 is 0 Å². The van der Waals surface area contributed by atoms with Crippen molar-refractivity contribution in [3.8, 4) is 0 Å². The molecule has 1 aromatic carbocycles. The van der Waals surface area contributed by atoms with Crippen LogP contribution >= 0.6 is 15.9 Å². The molecule has 96 valence electrons. The van der Waals surface area contributed by atoms with Crippen LogP contribution in [0.15, 0.2) is 28.7 Å². The van der Waals surface area contributed by atoms with Gasteiger partial charge in [0.15, 0.2) is 0 Å². The highest BCUT2D eigenvalue weighted by molar-refractivity contribution is 9.10. The fourth-order valence-corrected chi connectivity index (χ4v) is 1.84. The van der Waals surface area contributed by atoms with Crippen molar-refractivity contribution in [1.82, 2.24) is 10.6 Å². The van der Waals surface area contributed by atoms with E-state index in [1.54, 1.807) is 0 Å². The topological polar surface area (TPSA) is 24.1 Å². The smallest absolute Gasteiger partial charge is 0.0175 e. The molecule has 2 nitrogen and oxygen atoms in total. The van der Waals surface area contributed by atoms with Crippen molar-refractivity contribution in [3.05, 3.63) is 34.3 Å². The molecule has 1 rings (SSSR count). The molecule has 17 heavy (non-hydrogen) atoms. The van der Waals surface area contributed by atoms with Gasteiger partial charge < -0.3 is 10.6 Å². The maximum atomic E-state index is 3.45. The second kappa shape index (κ2) is 8.67. The Balaban J connectivity index is 1.99. The van der Waals surface area contributed by atoms with Gasteiger partial charge in [-0.1, -0.05) is 41.9 Å². The Labute approximate surface area is 113 Å². The van der Waals surface area contributed by atoms with Gasteiger partial charge in [-0.05, 0) is 43.1 Å². The first-order valence-electron chi connectivity index (χ1n) is 6.34. The zero-order valence-corrected chi connectivity index (χ0v) is 12.4. The Bertz CT molecular complexity index is 296. The number of nitrogens with one attached hydrogen (secondary N) is 2. The van der Waals surface area contributed by atoms with E-state index in [0.29, 0.717) is 0 Å². The van der Waals surface area contributed by atoms with E-state index >= 15 is 0 Å². The third kappa shape index (κ3) is 7.53. The minimum Gasteiger partial charge on any atom is -0.315 e. The molecular formula is C14H23BrN2. The summed E-state index contributed by atoms with van der Waals surface area (Å²) in [6.45, 7) is 8.71. The maximum Gasteiger partial charge on any atom is 0.0175 e. The molecule has 0 heterocycles. The Morgan fingerprint density at radius 1 is 1.00 bits per heavy atom. The third-order valence-electron chi connectivity index (χ3n) is 2.53. The number of hydrogen-bond donors (Lipinski definition) is 2. The Morgan fingerprint density at radius 2 is 1.65 bits per heavy atom. The molecule has 0 saturated carbocycles.